The number of methoxy groups -OCH3 is 1. The number of ether oxygens (including phenoxy) is 1. The maximum absolute atomic E-state index is 11.7. The van der Waals surface area contributed by atoms with Crippen LogP contribution in [-0.2, 0) is 20.9 Å². The van der Waals surface area contributed by atoms with Gasteiger partial charge in [0.25, 0.3) is 0 Å². The molecule has 0 bridgehead atoms. The monoisotopic (exact) mass is 279 g/mol. The molecule has 0 aliphatic rings. The first-order chi connectivity index (χ1) is 9.38. The number of carboxylic acids is 1. The van der Waals surface area contributed by atoms with Gasteiger partial charge in [-0.3, -0.25) is 4.79 Å². The van der Waals surface area contributed by atoms with Gasteiger partial charge in [-0.15, -0.1) is 0 Å². The molecule has 0 aliphatic carbocycles. The Kier molecular flexibility index (Phi) is 5.70. The number of nitrogens with zero attached hydrogens (tertiary/aromatic N) is 1. The van der Waals surface area contributed by atoms with Gasteiger partial charge < -0.3 is 14.7 Å². The van der Waals surface area contributed by atoms with Crippen LogP contribution in [0.2, 0.25) is 0 Å². The Bertz CT molecular complexity index is 467. The van der Waals surface area contributed by atoms with Crippen LogP contribution in [0.3, 0.4) is 0 Å². The van der Waals surface area contributed by atoms with Gasteiger partial charge >= 0.3 is 5.97 Å². The number of carbonyl (C=O) groups excluding carboxylic acids is 1. The Morgan fingerprint density at radius 1 is 1.25 bits per heavy atom. The minimum absolute atomic E-state index is 0.188. The van der Waals surface area contributed by atoms with Crippen molar-refractivity contribution in [3.05, 3.63) is 35.4 Å². The van der Waals surface area contributed by atoms with Crippen molar-refractivity contribution in [3.63, 3.8) is 0 Å². The Labute approximate surface area is 119 Å². The van der Waals surface area contributed by atoms with E-state index in [9.17, 15) is 14.7 Å². The molecule has 0 spiro atoms. The van der Waals surface area contributed by atoms with Crippen molar-refractivity contribution in [2.75, 3.05) is 7.11 Å². The summed E-state index contributed by atoms with van der Waals surface area (Å²) < 4.78 is 5.02. The van der Waals surface area contributed by atoms with E-state index < -0.39 is 12.0 Å². The zero-order chi connectivity index (χ0) is 15.3. The third kappa shape index (κ3) is 3.81. The van der Waals surface area contributed by atoms with Crippen LogP contribution in [0.5, 0.6) is 0 Å². The number of benzene rings is 1. The second kappa shape index (κ2) is 7.05. The molecule has 1 rings (SSSR count). The number of amides is 1. The van der Waals surface area contributed by atoms with Crippen molar-refractivity contribution in [3.8, 4) is 0 Å². The average Bonchev–Trinajstić information content (AvgIpc) is 2.36. The topological polar surface area (TPSA) is 66.8 Å². The molecule has 0 saturated carbocycles. The quantitative estimate of drug-likeness (QED) is 0.867. The first-order valence-electron chi connectivity index (χ1n) is 6.48. The maximum atomic E-state index is 11.7. The average molecular weight is 279 g/mol. The molecule has 1 unspecified atom stereocenters. The van der Waals surface area contributed by atoms with Crippen LogP contribution >= 0.6 is 0 Å². The van der Waals surface area contributed by atoms with E-state index in [-0.39, 0.29) is 11.9 Å². The predicted molar refractivity (Wildman–Crippen MR) is 75.2 cm³/mol. The Morgan fingerprint density at radius 3 is 2.15 bits per heavy atom. The zero-order valence-electron chi connectivity index (χ0n) is 12.3. The van der Waals surface area contributed by atoms with Gasteiger partial charge in [-0.25, -0.2) is 4.79 Å². The molecule has 1 aromatic carbocycles. The Morgan fingerprint density at radius 2 is 1.80 bits per heavy atom. The molecular weight excluding hydrogens is 258 g/mol. The highest BCUT2D eigenvalue weighted by molar-refractivity contribution is 5.83. The van der Waals surface area contributed by atoms with Crippen molar-refractivity contribution >= 4 is 11.9 Å². The predicted octanol–water partition coefficient (Wildman–Crippen LogP) is 2.22. The third-order valence-corrected chi connectivity index (χ3v) is 3.04. The fourth-order valence-electron chi connectivity index (χ4n) is 2.23. The number of hydrogen-bond donors (Lipinski definition) is 1. The van der Waals surface area contributed by atoms with Gasteiger partial charge in [-0.05, 0) is 25.0 Å². The summed E-state index contributed by atoms with van der Waals surface area (Å²) in [5, 5.41) is 9.45. The third-order valence-electron chi connectivity index (χ3n) is 3.04. The number of hydrogen-bond acceptors (Lipinski definition) is 3. The van der Waals surface area contributed by atoms with Crippen LogP contribution in [-0.4, -0.2) is 35.0 Å². The summed E-state index contributed by atoms with van der Waals surface area (Å²) in [7, 11) is 1.60. The number of rotatable bonds is 6. The van der Waals surface area contributed by atoms with Crippen LogP contribution in [0.25, 0.3) is 0 Å². The lowest BCUT2D eigenvalue weighted by Gasteiger charge is -2.31. The molecule has 5 heteroatoms. The standard InChI is InChI=1S/C15H21NO4/c1-10(2)16(11(3)17)14(15(18)19)13-7-5-12(6-8-13)9-20-4/h5-8,10,14H,9H2,1-4H3,(H,18,19). The van der Waals surface area contributed by atoms with Crippen LogP contribution < -0.4 is 0 Å². The van der Waals surface area contributed by atoms with Gasteiger partial charge in [-0.2, -0.15) is 0 Å². The van der Waals surface area contributed by atoms with E-state index in [0.29, 0.717) is 12.2 Å². The number of aliphatic carboxylic acids is 1. The van der Waals surface area contributed by atoms with Crippen LogP contribution in [0, 0.1) is 0 Å². The van der Waals surface area contributed by atoms with Gasteiger partial charge in [0.05, 0.1) is 6.61 Å². The summed E-state index contributed by atoms with van der Waals surface area (Å²) in [6.07, 6.45) is 0. The van der Waals surface area contributed by atoms with Crippen LogP contribution in [0.15, 0.2) is 24.3 Å². The van der Waals surface area contributed by atoms with Crippen molar-refractivity contribution in [2.45, 2.75) is 39.5 Å². The Hall–Kier alpha value is -1.88. The highest BCUT2D eigenvalue weighted by atomic mass is 16.5. The van der Waals surface area contributed by atoms with Gasteiger partial charge in [0.15, 0.2) is 6.04 Å². The molecule has 0 heterocycles. The fraction of sp³-hybridized carbons (Fsp3) is 0.467. The highest BCUT2D eigenvalue weighted by Crippen LogP contribution is 2.24. The summed E-state index contributed by atoms with van der Waals surface area (Å²) in [5.74, 6) is -1.29. The largest absolute Gasteiger partial charge is 0.479 e. The van der Waals surface area contributed by atoms with Crippen LogP contribution in [0.4, 0.5) is 0 Å². The second-order valence-corrected chi connectivity index (χ2v) is 4.94. The molecule has 0 aromatic heterocycles. The molecule has 0 aliphatic heterocycles. The molecule has 1 aromatic rings. The smallest absolute Gasteiger partial charge is 0.331 e. The minimum Gasteiger partial charge on any atom is -0.479 e. The summed E-state index contributed by atoms with van der Waals surface area (Å²) in [6, 6.07) is 5.92. The minimum atomic E-state index is -1.03. The summed E-state index contributed by atoms with van der Waals surface area (Å²) >= 11 is 0. The molecule has 110 valence electrons. The van der Waals surface area contributed by atoms with E-state index in [1.807, 2.05) is 12.1 Å². The van der Waals surface area contributed by atoms with Crippen molar-refractivity contribution in [2.24, 2.45) is 0 Å². The van der Waals surface area contributed by atoms with Crippen molar-refractivity contribution < 1.29 is 19.4 Å². The van der Waals surface area contributed by atoms with E-state index in [1.165, 1.54) is 11.8 Å². The number of carbonyl (C=O) groups is 2. The van der Waals surface area contributed by atoms with E-state index in [2.05, 4.69) is 0 Å². The first-order valence-corrected chi connectivity index (χ1v) is 6.48. The van der Waals surface area contributed by atoms with Gasteiger partial charge in [0.2, 0.25) is 5.91 Å². The first kappa shape index (κ1) is 16.2. The second-order valence-electron chi connectivity index (χ2n) is 4.94. The molecule has 0 radical (unpaired) electrons. The normalized spacial score (nSPS) is 12.2. The van der Waals surface area contributed by atoms with E-state index in [0.717, 1.165) is 5.56 Å². The molecule has 1 amide bonds. The molecule has 0 fully saturated rings. The van der Waals surface area contributed by atoms with Gasteiger partial charge in [-0.1, -0.05) is 24.3 Å². The fourth-order valence-corrected chi connectivity index (χ4v) is 2.23. The Balaban J connectivity index is 3.13. The summed E-state index contributed by atoms with van der Waals surface area (Å²) in [5.41, 5.74) is 1.54. The van der Waals surface area contributed by atoms with E-state index in [4.69, 9.17) is 4.74 Å². The SMILES string of the molecule is COCc1ccc(C(C(=O)O)N(C(C)=O)C(C)C)cc1. The lowest BCUT2D eigenvalue weighted by atomic mass is 10.0. The lowest BCUT2D eigenvalue weighted by Crippen LogP contribution is -2.42. The molecule has 1 N–H and O–H groups in total. The summed E-state index contributed by atoms with van der Waals surface area (Å²) in [4.78, 5) is 24.6. The molecular formula is C15H21NO4. The summed E-state index contributed by atoms with van der Waals surface area (Å²) in [6.45, 7) is 5.46. The van der Waals surface area contributed by atoms with E-state index >= 15 is 0 Å². The lowest BCUT2D eigenvalue weighted by molar-refractivity contribution is -0.151. The van der Waals surface area contributed by atoms with Crippen molar-refractivity contribution in [1.82, 2.24) is 4.90 Å². The van der Waals surface area contributed by atoms with Gasteiger partial charge in [0, 0.05) is 20.1 Å². The van der Waals surface area contributed by atoms with Crippen LogP contribution in [0.1, 0.15) is 37.9 Å². The highest BCUT2D eigenvalue weighted by Gasteiger charge is 2.31. The van der Waals surface area contributed by atoms with Gasteiger partial charge in [0.1, 0.15) is 0 Å². The number of carboxylic acid groups (broad SMARTS) is 1. The van der Waals surface area contributed by atoms with Crippen molar-refractivity contribution in [1.29, 1.82) is 0 Å². The maximum Gasteiger partial charge on any atom is 0.331 e. The molecule has 0 saturated heterocycles. The molecule has 5 nitrogen and oxygen atoms in total. The molecule has 20 heavy (non-hydrogen) atoms. The molecule has 1 atom stereocenters. The zero-order valence-corrected chi connectivity index (χ0v) is 12.3. The van der Waals surface area contributed by atoms with E-state index in [1.54, 1.807) is 33.1 Å².